The van der Waals surface area contributed by atoms with Gasteiger partial charge in [-0.3, -0.25) is 9.78 Å². The fraction of sp³-hybridized carbons (Fsp3) is 0. The summed E-state index contributed by atoms with van der Waals surface area (Å²) in [5.74, 6) is -0.147. The molecule has 0 amide bonds. The van der Waals surface area contributed by atoms with Gasteiger partial charge in [-0.2, -0.15) is 0 Å². The molecule has 4 rings (SSSR count). The summed E-state index contributed by atoms with van der Waals surface area (Å²) in [6.07, 6.45) is 1.59. The number of hydrogen-bond donors (Lipinski definition) is 1. The van der Waals surface area contributed by atoms with Crippen LogP contribution in [0.15, 0.2) is 72.9 Å². The molecule has 0 spiro atoms. The molecule has 3 aromatic carbocycles. The maximum absolute atomic E-state index is 13.1. The van der Waals surface area contributed by atoms with Gasteiger partial charge in [0.25, 0.3) is 0 Å². The van der Waals surface area contributed by atoms with Crippen molar-refractivity contribution in [2.75, 3.05) is 5.32 Å². The highest BCUT2D eigenvalue weighted by atomic mass is 35.5. The van der Waals surface area contributed by atoms with Gasteiger partial charge in [0.05, 0.1) is 16.8 Å². The number of ketones is 1. The monoisotopic (exact) mass is 391 g/mol. The van der Waals surface area contributed by atoms with Crippen LogP contribution in [0.5, 0.6) is 0 Å². The third kappa shape index (κ3) is 3.65. The quantitative estimate of drug-likeness (QED) is 0.414. The van der Waals surface area contributed by atoms with Crippen LogP contribution in [-0.4, -0.2) is 10.8 Å². The number of carbonyl (C=O) groups is 1. The van der Waals surface area contributed by atoms with Crippen LogP contribution in [0.4, 0.5) is 11.4 Å². The average molecular weight is 392 g/mol. The summed E-state index contributed by atoms with van der Waals surface area (Å²) in [6, 6.07) is 22.6. The van der Waals surface area contributed by atoms with E-state index in [4.69, 9.17) is 23.2 Å². The van der Waals surface area contributed by atoms with Crippen LogP contribution in [0.25, 0.3) is 10.9 Å². The van der Waals surface area contributed by atoms with Gasteiger partial charge in [0, 0.05) is 32.9 Å². The molecule has 0 aliphatic heterocycles. The third-order valence-corrected chi connectivity index (χ3v) is 4.66. The van der Waals surface area contributed by atoms with Crippen molar-refractivity contribution < 1.29 is 4.79 Å². The fourth-order valence-electron chi connectivity index (χ4n) is 2.84. The van der Waals surface area contributed by atoms with E-state index in [-0.39, 0.29) is 5.78 Å². The molecule has 27 heavy (non-hydrogen) atoms. The van der Waals surface area contributed by atoms with Gasteiger partial charge in [0.15, 0.2) is 5.78 Å². The lowest BCUT2D eigenvalue weighted by Crippen LogP contribution is -2.07. The molecule has 0 saturated carbocycles. The standard InChI is InChI=1S/C22H13Cl2N2O/c23-15-8-6-14(7-9-15)22(27)19-13-25-20-11-10-16(24)12-18(20)21(19)26-17-4-2-1-3-5-17/h2-13H,(H,25,26). The number of hydrogen-bond acceptors (Lipinski definition) is 3. The molecular weight excluding hydrogens is 379 g/mol. The number of benzene rings is 3. The smallest absolute Gasteiger partial charge is 0.196 e. The van der Waals surface area contributed by atoms with Gasteiger partial charge < -0.3 is 5.32 Å². The number of halogens is 2. The number of pyridine rings is 1. The molecule has 0 aliphatic rings. The Bertz CT molecular complexity index is 1130. The highest BCUT2D eigenvalue weighted by molar-refractivity contribution is 6.32. The maximum atomic E-state index is 13.1. The van der Waals surface area contributed by atoms with Gasteiger partial charge >= 0.3 is 0 Å². The van der Waals surface area contributed by atoms with E-state index in [1.807, 2.05) is 18.2 Å². The van der Waals surface area contributed by atoms with Crippen LogP contribution < -0.4 is 5.32 Å². The van der Waals surface area contributed by atoms with Crippen LogP contribution in [0, 0.1) is 6.07 Å². The summed E-state index contributed by atoms with van der Waals surface area (Å²) in [7, 11) is 0. The zero-order valence-electron chi connectivity index (χ0n) is 14.0. The first-order valence-corrected chi connectivity index (χ1v) is 8.99. The van der Waals surface area contributed by atoms with Gasteiger partial charge in [-0.1, -0.05) is 35.3 Å². The lowest BCUT2D eigenvalue weighted by molar-refractivity contribution is 0.103. The number of aromatic nitrogens is 1. The molecule has 3 nitrogen and oxygen atoms in total. The van der Waals surface area contributed by atoms with Crippen molar-refractivity contribution in [1.82, 2.24) is 4.98 Å². The maximum Gasteiger partial charge on any atom is 0.196 e. The second kappa shape index (κ2) is 7.39. The zero-order chi connectivity index (χ0) is 18.8. The van der Waals surface area contributed by atoms with Gasteiger partial charge in [-0.15, -0.1) is 0 Å². The van der Waals surface area contributed by atoms with Crippen LogP contribution in [-0.2, 0) is 0 Å². The molecule has 131 valence electrons. The molecule has 0 bridgehead atoms. The predicted octanol–water partition coefficient (Wildman–Crippen LogP) is 6.32. The summed E-state index contributed by atoms with van der Waals surface area (Å²) in [5, 5.41) is 5.26. The van der Waals surface area contributed by atoms with Crippen molar-refractivity contribution in [1.29, 1.82) is 0 Å². The van der Waals surface area contributed by atoms with E-state index in [1.54, 1.807) is 54.7 Å². The van der Waals surface area contributed by atoms with Gasteiger partial charge in [-0.05, 0) is 60.7 Å². The van der Waals surface area contributed by atoms with Crippen LogP contribution in [0.1, 0.15) is 15.9 Å². The number of rotatable bonds is 4. The Labute approximate surface area is 166 Å². The number of nitrogens with one attached hydrogen (secondary N) is 1. The summed E-state index contributed by atoms with van der Waals surface area (Å²) < 4.78 is 0. The van der Waals surface area contributed by atoms with Gasteiger partial charge in [-0.25, -0.2) is 0 Å². The van der Waals surface area contributed by atoms with Gasteiger partial charge in [0.1, 0.15) is 0 Å². The molecule has 0 atom stereocenters. The first-order valence-electron chi connectivity index (χ1n) is 8.23. The molecule has 0 aliphatic carbocycles. The molecule has 0 fully saturated rings. The molecule has 1 heterocycles. The lowest BCUT2D eigenvalue weighted by atomic mass is 10.0. The Morgan fingerprint density at radius 2 is 1.63 bits per heavy atom. The first-order chi connectivity index (χ1) is 13.1. The second-order valence-corrected chi connectivity index (χ2v) is 6.83. The van der Waals surface area contributed by atoms with Gasteiger partial charge in [0.2, 0.25) is 0 Å². The van der Waals surface area contributed by atoms with Crippen molar-refractivity contribution in [3.05, 3.63) is 100 Å². The molecule has 1 radical (unpaired) electrons. The van der Waals surface area contributed by atoms with Crippen LogP contribution in [0.2, 0.25) is 10.0 Å². The Hall–Kier alpha value is -2.88. The topological polar surface area (TPSA) is 42.0 Å². The Kier molecular flexibility index (Phi) is 4.80. The molecule has 4 aromatic rings. The number of nitrogens with zero attached hydrogens (tertiary/aromatic N) is 1. The first kappa shape index (κ1) is 17.5. The largest absolute Gasteiger partial charge is 0.354 e. The van der Waals surface area contributed by atoms with E-state index in [2.05, 4.69) is 16.4 Å². The van der Waals surface area contributed by atoms with E-state index >= 15 is 0 Å². The summed E-state index contributed by atoms with van der Waals surface area (Å²) in [6.45, 7) is 0. The third-order valence-electron chi connectivity index (χ3n) is 4.17. The van der Waals surface area contributed by atoms with Crippen molar-refractivity contribution >= 4 is 51.3 Å². The Morgan fingerprint density at radius 3 is 2.37 bits per heavy atom. The van der Waals surface area contributed by atoms with E-state index < -0.39 is 0 Å². The zero-order valence-corrected chi connectivity index (χ0v) is 15.6. The molecule has 0 saturated heterocycles. The van der Waals surface area contributed by atoms with Crippen LogP contribution in [0.3, 0.4) is 0 Å². The van der Waals surface area contributed by atoms with Crippen molar-refractivity contribution in [2.45, 2.75) is 0 Å². The van der Waals surface area contributed by atoms with E-state index in [9.17, 15) is 4.79 Å². The number of carbonyl (C=O) groups excluding carboxylic acids is 1. The van der Waals surface area contributed by atoms with Crippen molar-refractivity contribution in [3.63, 3.8) is 0 Å². The summed E-state index contributed by atoms with van der Waals surface area (Å²) in [4.78, 5) is 17.6. The fourth-order valence-corrected chi connectivity index (χ4v) is 3.14. The molecule has 0 unspecified atom stereocenters. The summed E-state index contributed by atoms with van der Waals surface area (Å²) >= 11 is 12.1. The number of anilines is 2. The molecule has 5 heteroatoms. The molecule has 1 aromatic heterocycles. The average Bonchev–Trinajstić information content (AvgIpc) is 2.69. The SMILES string of the molecule is O=C(c1ccc(Cl)cc1)c1cnc2ccc(Cl)cc2c1Nc1cc[c]cc1. The summed E-state index contributed by atoms with van der Waals surface area (Å²) in [5.41, 5.74) is 3.24. The number of fused-ring (bicyclic) bond motifs is 1. The second-order valence-electron chi connectivity index (χ2n) is 5.96. The van der Waals surface area contributed by atoms with Crippen LogP contribution >= 0.6 is 23.2 Å². The Morgan fingerprint density at radius 1 is 0.926 bits per heavy atom. The minimum absolute atomic E-state index is 0.147. The van der Waals surface area contributed by atoms with Crippen molar-refractivity contribution in [3.8, 4) is 0 Å². The highest BCUT2D eigenvalue weighted by Gasteiger charge is 2.18. The normalized spacial score (nSPS) is 10.7. The van der Waals surface area contributed by atoms with E-state index in [0.717, 1.165) is 16.6 Å². The minimum atomic E-state index is -0.147. The van der Waals surface area contributed by atoms with E-state index in [0.29, 0.717) is 26.9 Å². The van der Waals surface area contributed by atoms with E-state index in [1.165, 1.54) is 0 Å². The minimum Gasteiger partial charge on any atom is -0.354 e. The Balaban J connectivity index is 1.89. The lowest BCUT2D eigenvalue weighted by Gasteiger charge is -2.14. The van der Waals surface area contributed by atoms with Crippen molar-refractivity contribution in [2.24, 2.45) is 0 Å². The predicted molar refractivity (Wildman–Crippen MR) is 110 cm³/mol. The molecule has 1 N–H and O–H groups in total. The molecular formula is C22H13Cl2N2O. The highest BCUT2D eigenvalue weighted by Crippen LogP contribution is 2.32.